The molecule has 0 atom stereocenters. The second kappa shape index (κ2) is 10.4. The number of carbonyl (C=O) groups is 2. The third-order valence-electron chi connectivity index (χ3n) is 4.18. The monoisotopic (exact) mass is 399 g/mol. The highest BCUT2D eigenvalue weighted by atomic mass is 16.5. The number of urea groups is 1. The molecule has 1 heterocycles. The average Bonchev–Trinajstić information content (AvgIpc) is 2.78. The summed E-state index contributed by atoms with van der Waals surface area (Å²) in [6, 6.07) is 17.7. The summed E-state index contributed by atoms with van der Waals surface area (Å²) in [6.07, 6.45) is 4.20. The molecule has 2 N–H and O–H groups in total. The van der Waals surface area contributed by atoms with Crippen molar-refractivity contribution in [1.82, 2.24) is 10.3 Å². The van der Waals surface area contributed by atoms with Gasteiger partial charge in [-0.25, -0.2) is 9.59 Å². The maximum atomic E-state index is 12.1. The molecule has 0 spiro atoms. The molecule has 6 heteroatoms. The number of benzene rings is 2. The zero-order chi connectivity index (χ0) is 21.2. The normalized spacial score (nSPS) is 9.77. The fraction of sp³-hybridized carbons (Fsp3) is 0.125. The number of ether oxygens (including phenoxy) is 1. The molecule has 1 aromatic heterocycles. The van der Waals surface area contributed by atoms with Gasteiger partial charge in [0.1, 0.15) is 0 Å². The molecule has 0 aliphatic heterocycles. The summed E-state index contributed by atoms with van der Waals surface area (Å²) in [6.45, 7) is 0.507. The Kier molecular flexibility index (Phi) is 7.17. The molecule has 2 aromatic carbocycles. The van der Waals surface area contributed by atoms with Crippen LogP contribution in [-0.4, -0.2) is 30.6 Å². The lowest BCUT2D eigenvalue weighted by molar-refractivity contribution is 0.0600. The van der Waals surface area contributed by atoms with Gasteiger partial charge in [0.25, 0.3) is 0 Å². The van der Waals surface area contributed by atoms with Gasteiger partial charge in [-0.1, -0.05) is 30.0 Å². The quantitative estimate of drug-likeness (QED) is 0.507. The van der Waals surface area contributed by atoms with Crippen LogP contribution in [0.4, 0.5) is 10.5 Å². The Bertz CT molecular complexity index is 1090. The molecule has 0 bridgehead atoms. The molecule has 0 aliphatic carbocycles. The minimum Gasteiger partial charge on any atom is -0.465 e. The molecule has 0 aliphatic rings. The van der Waals surface area contributed by atoms with Gasteiger partial charge in [0, 0.05) is 35.8 Å². The summed E-state index contributed by atoms with van der Waals surface area (Å²) in [5, 5.41) is 5.63. The van der Waals surface area contributed by atoms with Crippen molar-refractivity contribution in [2.45, 2.75) is 6.42 Å². The number of hydrogen-bond donors (Lipinski definition) is 2. The van der Waals surface area contributed by atoms with Gasteiger partial charge in [-0.3, -0.25) is 4.98 Å². The molecule has 30 heavy (non-hydrogen) atoms. The Balaban J connectivity index is 1.58. The van der Waals surface area contributed by atoms with E-state index in [-0.39, 0.29) is 6.03 Å². The largest absolute Gasteiger partial charge is 0.465 e. The van der Waals surface area contributed by atoms with Gasteiger partial charge >= 0.3 is 12.0 Å². The molecule has 0 saturated carbocycles. The van der Waals surface area contributed by atoms with E-state index < -0.39 is 5.97 Å². The first-order chi connectivity index (χ1) is 14.6. The molecule has 3 rings (SSSR count). The van der Waals surface area contributed by atoms with Gasteiger partial charge in [0.05, 0.1) is 12.7 Å². The van der Waals surface area contributed by atoms with Gasteiger partial charge in [-0.2, -0.15) is 0 Å². The van der Waals surface area contributed by atoms with E-state index in [2.05, 4.69) is 27.5 Å². The van der Waals surface area contributed by atoms with Crippen molar-refractivity contribution in [3.8, 4) is 11.8 Å². The van der Waals surface area contributed by atoms with Crippen LogP contribution in [0.2, 0.25) is 0 Å². The number of carbonyl (C=O) groups excluding carboxylic acids is 2. The number of nitrogens with one attached hydrogen (secondary N) is 2. The van der Waals surface area contributed by atoms with Crippen molar-refractivity contribution in [2.75, 3.05) is 19.0 Å². The van der Waals surface area contributed by atoms with E-state index >= 15 is 0 Å². The lowest BCUT2D eigenvalue weighted by Gasteiger charge is -2.08. The number of amides is 2. The highest BCUT2D eigenvalue weighted by Crippen LogP contribution is 2.11. The van der Waals surface area contributed by atoms with Crippen LogP contribution in [-0.2, 0) is 11.2 Å². The lowest BCUT2D eigenvalue weighted by Crippen LogP contribution is -2.30. The van der Waals surface area contributed by atoms with E-state index in [1.807, 2.05) is 30.3 Å². The maximum Gasteiger partial charge on any atom is 0.337 e. The number of rotatable bonds is 5. The summed E-state index contributed by atoms with van der Waals surface area (Å²) >= 11 is 0. The summed E-state index contributed by atoms with van der Waals surface area (Å²) in [5.41, 5.74) is 3.59. The lowest BCUT2D eigenvalue weighted by atomic mass is 10.1. The second-order valence-electron chi connectivity index (χ2n) is 6.40. The van der Waals surface area contributed by atoms with Crippen molar-refractivity contribution in [2.24, 2.45) is 0 Å². The zero-order valence-electron chi connectivity index (χ0n) is 16.5. The van der Waals surface area contributed by atoms with Gasteiger partial charge in [0.15, 0.2) is 0 Å². The van der Waals surface area contributed by atoms with Gasteiger partial charge in [-0.15, -0.1) is 0 Å². The van der Waals surface area contributed by atoms with Gasteiger partial charge in [0.2, 0.25) is 0 Å². The molecule has 2 amide bonds. The number of aromatic nitrogens is 1. The van der Waals surface area contributed by atoms with Crippen LogP contribution in [0.15, 0.2) is 73.1 Å². The first kappa shape index (κ1) is 20.6. The minimum atomic E-state index is -0.403. The molecule has 0 fully saturated rings. The van der Waals surface area contributed by atoms with Gasteiger partial charge in [-0.05, 0) is 54.4 Å². The Morgan fingerprint density at radius 3 is 2.50 bits per heavy atom. The first-order valence-electron chi connectivity index (χ1n) is 9.38. The highest BCUT2D eigenvalue weighted by Gasteiger charge is 2.05. The SMILES string of the molecule is COC(=O)c1cccc(C#Cc2cccc(NC(=O)NCCc3cccnc3)c2)c1. The number of methoxy groups -OCH3 is 1. The maximum absolute atomic E-state index is 12.1. The zero-order valence-corrected chi connectivity index (χ0v) is 16.5. The molecule has 3 aromatic rings. The standard InChI is InChI=1S/C24H21N3O3/c1-30-23(28)21-8-2-5-18(15-21)10-11-19-6-3-9-22(16-19)27-24(29)26-14-12-20-7-4-13-25-17-20/h2-9,13,15-17H,12,14H2,1H3,(H2,26,27,29). The van der Waals surface area contributed by atoms with Crippen LogP contribution in [0.5, 0.6) is 0 Å². The third kappa shape index (κ3) is 6.21. The van der Waals surface area contributed by atoms with Crippen LogP contribution in [0.25, 0.3) is 0 Å². The van der Waals surface area contributed by atoms with Crippen LogP contribution in [0, 0.1) is 11.8 Å². The average molecular weight is 399 g/mol. The van der Waals surface area contributed by atoms with Crippen LogP contribution in [0.3, 0.4) is 0 Å². The molecule has 0 unspecified atom stereocenters. The fourth-order valence-electron chi connectivity index (χ4n) is 2.70. The Labute approximate surface area is 175 Å². The van der Waals surface area contributed by atoms with E-state index in [0.29, 0.717) is 29.8 Å². The van der Waals surface area contributed by atoms with E-state index in [1.54, 1.807) is 42.7 Å². The highest BCUT2D eigenvalue weighted by molar-refractivity contribution is 5.90. The van der Waals surface area contributed by atoms with Gasteiger partial charge < -0.3 is 15.4 Å². The Morgan fingerprint density at radius 1 is 1.00 bits per heavy atom. The topological polar surface area (TPSA) is 80.3 Å². The van der Waals surface area contributed by atoms with E-state index in [4.69, 9.17) is 4.74 Å². The minimum absolute atomic E-state index is 0.283. The molecule has 0 radical (unpaired) electrons. The fourth-order valence-corrected chi connectivity index (χ4v) is 2.70. The van der Waals surface area contributed by atoms with Crippen LogP contribution >= 0.6 is 0 Å². The second-order valence-corrected chi connectivity index (χ2v) is 6.40. The first-order valence-corrected chi connectivity index (χ1v) is 9.38. The number of esters is 1. The van der Waals surface area contributed by atoms with Crippen molar-refractivity contribution in [1.29, 1.82) is 0 Å². The Morgan fingerprint density at radius 2 is 1.77 bits per heavy atom. The number of anilines is 1. The Hall–Kier alpha value is -4.11. The van der Waals surface area contributed by atoms with E-state index in [0.717, 1.165) is 11.1 Å². The summed E-state index contributed by atoms with van der Waals surface area (Å²) in [4.78, 5) is 27.8. The van der Waals surface area contributed by atoms with Crippen molar-refractivity contribution >= 4 is 17.7 Å². The third-order valence-corrected chi connectivity index (χ3v) is 4.18. The van der Waals surface area contributed by atoms with Crippen molar-refractivity contribution < 1.29 is 14.3 Å². The predicted molar refractivity (Wildman–Crippen MR) is 115 cm³/mol. The molecule has 6 nitrogen and oxygen atoms in total. The van der Waals surface area contributed by atoms with Crippen molar-refractivity contribution in [3.63, 3.8) is 0 Å². The molecule has 0 saturated heterocycles. The summed E-state index contributed by atoms with van der Waals surface area (Å²) in [7, 11) is 1.34. The summed E-state index contributed by atoms with van der Waals surface area (Å²) in [5.74, 6) is 5.66. The molecule has 150 valence electrons. The molecular weight excluding hydrogens is 378 g/mol. The van der Waals surface area contributed by atoms with E-state index in [9.17, 15) is 9.59 Å². The summed E-state index contributed by atoms with van der Waals surface area (Å²) < 4.78 is 4.72. The number of pyridine rings is 1. The van der Waals surface area contributed by atoms with Crippen LogP contribution < -0.4 is 10.6 Å². The molecular formula is C24H21N3O3. The number of hydrogen-bond acceptors (Lipinski definition) is 4. The van der Waals surface area contributed by atoms with Crippen LogP contribution in [0.1, 0.15) is 27.0 Å². The smallest absolute Gasteiger partial charge is 0.337 e. The predicted octanol–water partition coefficient (Wildman–Crippen LogP) is 3.63. The van der Waals surface area contributed by atoms with E-state index in [1.165, 1.54) is 7.11 Å². The number of nitrogens with zero attached hydrogens (tertiary/aromatic N) is 1. The van der Waals surface area contributed by atoms with Crippen molar-refractivity contribution in [3.05, 3.63) is 95.3 Å².